The molecule has 0 aromatic heterocycles. The third-order valence-electron chi connectivity index (χ3n) is 1.76. The van der Waals surface area contributed by atoms with Gasteiger partial charge in [-0.1, -0.05) is 6.07 Å². The lowest BCUT2D eigenvalue weighted by Gasteiger charge is -2.11. The second kappa shape index (κ2) is 4.88. The van der Waals surface area contributed by atoms with Crippen LogP contribution in [0.4, 0.5) is 4.39 Å². The molecule has 1 unspecified atom stereocenters. The van der Waals surface area contributed by atoms with Gasteiger partial charge in [0.25, 0.3) is 0 Å². The average molecular weight is 295 g/mol. The minimum absolute atomic E-state index is 0.284. The maximum absolute atomic E-state index is 12.7. The van der Waals surface area contributed by atoms with Gasteiger partial charge >= 0.3 is 0 Å². The highest BCUT2D eigenvalue weighted by molar-refractivity contribution is 14.1. The van der Waals surface area contributed by atoms with Crippen molar-refractivity contribution in [1.29, 1.82) is 0 Å². The van der Waals surface area contributed by atoms with Gasteiger partial charge in [-0.05, 0) is 53.3 Å². The van der Waals surface area contributed by atoms with Crippen molar-refractivity contribution < 1.29 is 9.50 Å². The van der Waals surface area contributed by atoms with E-state index in [4.69, 9.17) is 5.73 Å². The van der Waals surface area contributed by atoms with Gasteiger partial charge in [-0.3, -0.25) is 0 Å². The van der Waals surface area contributed by atoms with Crippen molar-refractivity contribution in [1.82, 2.24) is 0 Å². The fourth-order valence-corrected chi connectivity index (χ4v) is 1.92. The lowest BCUT2D eigenvalue weighted by Crippen LogP contribution is -2.08. The number of hydrogen-bond acceptors (Lipinski definition) is 2. The molecule has 1 aromatic rings. The topological polar surface area (TPSA) is 46.2 Å². The molecule has 0 fully saturated rings. The Kier molecular flexibility index (Phi) is 4.08. The van der Waals surface area contributed by atoms with Crippen LogP contribution < -0.4 is 5.73 Å². The van der Waals surface area contributed by atoms with Crippen LogP contribution in [0.1, 0.15) is 18.1 Å². The summed E-state index contributed by atoms with van der Waals surface area (Å²) < 4.78 is 13.4. The molecule has 13 heavy (non-hydrogen) atoms. The van der Waals surface area contributed by atoms with E-state index in [2.05, 4.69) is 0 Å². The molecule has 0 aliphatic carbocycles. The molecule has 2 nitrogen and oxygen atoms in total. The van der Waals surface area contributed by atoms with Crippen LogP contribution in [-0.4, -0.2) is 11.7 Å². The van der Waals surface area contributed by atoms with E-state index in [-0.39, 0.29) is 5.82 Å². The summed E-state index contributed by atoms with van der Waals surface area (Å²) in [7, 11) is 0. The van der Waals surface area contributed by atoms with Crippen molar-refractivity contribution in [2.45, 2.75) is 12.5 Å². The summed E-state index contributed by atoms with van der Waals surface area (Å²) in [5.74, 6) is -0.284. The van der Waals surface area contributed by atoms with Crippen LogP contribution >= 0.6 is 22.6 Å². The van der Waals surface area contributed by atoms with Gasteiger partial charge in [-0.25, -0.2) is 4.39 Å². The Hall–Kier alpha value is -0.200. The molecule has 0 aliphatic rings. The lowest BCUT2D eigenvalue weighted by atomic mass is 10.1. The zero-order valence-electron chi connectivity index (χ0n) is 7.00. The third kappa shape index (κ3) is 2.89. The Morgan fingerprint density at radius 2 is 2.23 bits per heavy atom. The molecule has 0 spiro atoms. The minimum Gasteiger partial charge on any atom is -0.388 e. The number of hydrogen-bond donors (Lipinski definition) is 2. The molecule has 0 amide bonds. The normalized spacial score (nSPS) is 12.9. The second-order valence-electron chi connectivity index (χ2n) is 2.76. The molecular formula is C9H11FINO. The number of aliphatic hydroxyl groups is 1. The molecule has 4 heteroatoms. The summed E-state index contributed by atoms with van der Waals surface area (Å²) in [6.45, 7) is 0.425. The zero-order valence-corrected chi connectivity index (χ0v) is 9.16. The first kappa shape index (κ1) is 10.9. The molecule has 1 rings (SSSR count). The molecule has 3 N–H and O–H groups in total. The monoisotopic (exact) mass is 295 g/mol. The molecule has 72 valence electrons. The van der Waals surface area contributed by atoms with E-state index in [0.29, 0.717) is 13.0 Å². The number of rotatable bonds is 3. The van der Waals surface area contributed by atoms with Crippen molar-refractivity contribution in [3.63, 3.8) is 0 Å². The van der Waals surface area contributed by atoms with Crippen LogP contribution in [0.2, 0.25) is 0 Å². The highest BCUT2D eigenvalue weighted by Crippen LogP contribution is 2.22. The number of nitrogens with two attached hydrogens (primary N) is 1. The number of benzene rings is 1. The van der Waals surface area contributed by atoms with Gasteiger partial charge in [-0.15, -0.1) is 0 Å². The number of halogens is 2. The van der Waals surface area contributed by atoms with Crippen molar-refractivity contribution in [2.75, 3.05) is 6.54 Å². The average Bonchev–Trinajstić information content (AvgIpc) is 2.04. The van der Waals surface area contributed by atoms with Gasteiger partial charge in [0.05, 0.1) is 6.10 Å². The summed E-state index contributed by atoms with van der Waals surface area (Å²) in [5.41, 5.74) is 6.05. The molecular weight excluding hydrogens is 284 g/mol. The molecule has 0 radical (unpaired) electrons. The van der Waals surface area contributed by atoms with Gasteiger partial charge < -0.3 is 10.8 Å². The largest absolute Gasteiger partial charge is 0.388 e. The Morgan fingerprint density at radius 1 is 1.54 bits per heavy atom. The van der Waals surface area contributed by atoms with Crippen LogP contribution in [0.3, 0.4) is 0 Å². The molecule has 0 aliphatic heterocycles. The van der Waals surface area contributed by atoms with Gasteiger partial charge in [0.2, 0.25) is 0 Å². The Morgan fingerprint density at radius 3 is 2.77 bits per heavy atom. The van der Waals surface area contributed by atoms with E-state index >= 15 is 0 Å². The fourth-order valence-electron chi connectivity index (χ4n) is 1.09. The quantitative estimate of drug-likeness (QED) is 0.836. The van der Waals surface area contributed by atoms with E-state index in [0.717, 1.165) is 9.13 Å². The maximum atomic E-state index is 12.7. The summed E-state index contributed by atoms with van der Waals surface area (Å²) in [5, 5.41) is 9.58. The Balaban J connectivity index is 2.88. The zero-order chi connectivity index (χ0) is 9.84. The first-order valence-corrected chi connectivity index (χ1v) is 5.06. The maximum Gasteiger partial charge on any atom is 0.124 e. The fraction of sp³-hybridized carbons (Fsp3) is 0.333. The summed E-state index contributed by atoms with van der Waals surface area (Å²) in [6, 6.07) is 4.34. The Labute approximate surface area is 90.1 Å². The molecule has 1 atom stereocenters. The first-order valence-electron chi connectivity index (χ1n) is 3.98. The van der Waals surface area contributed by atoms with Gasteiger partial charge in [0.15, 0.2) is 0 Å². The van der Waals surface area contributed by atoms with Crippen molar-refractivity contribution in [3.05, 3.63) is 33.1 Å². The summed E-state index contributed by atoms with van der Waals surface area (Å²) in [4.78, 5) is 0. The van der Waals surface area contributed by atoms with E-state index in [9.17, 15) is 9.50 Å². The predicted octanol–water partition coefficient (Wildman–Crippen LogP) is 1.81. The van der Waals surface area contributed by atoms with Gasteiger partial charge in [-0.2, -0.15) is 0 Å². The highest BCUT2D eigenvalue weighted by Gasteiger charge is 2.10. The molecule has 0 saturated carbocycles. The van der Waals surface area contributed by atoms with Crippen molar-refractivity contribution in [3.8, 4) is 0 Å². The second-order valence-corrected chi connectivity index (χ2v) is 3.92. The lowest BCUT2D eigenvalue weighted by molar-refractivity contribution is 0.169. The van der Waals surface area contributed by atoms with Crippen LogP contribution in [0, 0.1) is 9.39 Å². The van der Waals surface area contributed by atoms with Crippen LogP contribution in [0.25, 0.3) is 0 Å². The predicted molar refractivity (Wildman–Crippen MR) is 57.7 cm³/mol. The van der Waals surface area contributed by atoms with Crippen LogP contribution in [-0.2, 0) is 0 Å². The minimum atomic E-state index is -0.586. The number of aliphatic hydroxyl groups excluding tert-OH is 1. The molecule has 0 saturated heterocycles. The molecule has 1 aromatic carbocycles. The smallest absolute Gasteiger partial charge is 0.124 e. The molecule has 0 heterocycles. The van der Waals surface area contributed by atoms with E-state index in [1.807, 2.05) is 22.6 Å². The molecule has 0 bridgehead atoms. The van der Waals surface area contributed by atoms with E-state index < -0.39 is 6.10 Å². The van der Waals surface area contributed by atoms with Crippen molar-refractivity contribution >= 4 is 22.6 Å². The third-order valence-corrected chi connectivity index (χ3v) is 2.70. The van der Waals surface area contributed by atoms with Crippen LogP contribution in [0.15, 0.2) is 18.2 Å². The Bertz CT molecular complexity index is 293. The van der Waals surface area contributed by atoms with E-state index in [1.165, 1.54) is 12.1 Å². The summed E-state index contributed by atoms with van der Waals surface area (Å²) in [6.07, 6.45) is -0.0840. The SMILES string of the molecule is NCCC(O)c1ccc(F)cc1I. The van der Waals surface area contributed by atoms with E-state index in [1.54, 1.807) is 6.07 Å². The highest BCUT2D eigenvalue weighted by atomic mass is 127. The van der Waals surface area contributed by atoms with Gasteiger partial charge in [0.1, 0.15) is 5.82 Å². The first-order chi connectivity index (χ1) is 6.15. The van der Waals surface area contributed by atoms with Crippen molar-refractivity contribution in [2.24, 2.45) is 5.73 Å². The standard InChI is InChI=1S/C9H11FINO/c10-6-1-2-7(8(11)5-6)9(13)3-4-12/h1-2,5,9,13H,3-4,12H2. The summed E-state index contributed by atoms with van der Waals surface area (Å²) >= 11 is 2.00. The van der Waals surface area contributed by atoms with Crippen LogP contribution in [0.5, 0.6) is 0 Å². The van der Waals surface area contributed by atoms with Gasteiger partial charge in [0, 0.05) is 3.57 Å².